The Balaban J connectivity index is 2.80. The number of nitrogens with one attached hydrogen (secondary N) is 1. The van der Waals surface area contributed by atoms with Crippen molar-refractivity contribution in [1.29, 1.82) is 5.26 Å². The molecule has 1 amide bonds. The minimum atomic E-state index is -0.607. The summed E-state index contributed by atoms with van der Waals surface area (Å²) in [6.07, 6.45) is 0.791. The van der Waals surface area contributed by atoms with Crippen molar-refractivity contribution < 1.29 is 9.53 Å². The number of ether oxygens (including phenoxy) is 1. The lowest BCUT2D eigenvalue weighted by Gasteiger charge is -2.19. The maximum absolute atomic E-state index is 11.5. The highest BCUT2D eigenvalue weighted by molar-refractivity contribution is 5.84. The normalized spacial score (nSPS) is 10.6. The van der Waals surface area contributed by atoms with Crippen molar-refractivity contribution in [2.45, 2.75) is 32.9 Å². The van der Waals surface area contributed by atoms with Crippen LogP contribution in [0.4, 0.5) is 10.5 Å². The number of hydrogen-bond acceptors (Lipinski definition) is 4. The summed E-state index contributed by atoms with van der Waals surface area (Å²) < 4.78 is 6.27. The molecule has 0 radical (unpaired) electrons. The molecule has 0 spiro atoms. The number of carbonyl (C=O) groups excluding carboxylic acids is 1. The fourth-order valence-corrected chi connectivity index (χ4v) is 1.23. The highest BCUT2D eigenvalue weighted by Gasteiger charge is 2.16. The van der Waals surface area contributed by atoms with E-state index in [0.717, 1.165) is 0 Å². The molecule has 6 nitrogen and oxygen atoms in total. The van der Waals surface area contributed by atoms with E-state index in [-0.39, 0.29) is 12.1 Å². The summed E-state index contributed by atoms with van der Waals surface area (Å²) in [5.74, 6) is 0. The average molecular weight is 249 g/mol. The van der Waals surface area contributed by atoms with E-state index in [1.54, 1.807) is 20.8 Å². The third kappa shape index (κ3) is 4.29. The predicted octanol–water partition coefficient (Wildman–Crippen LogP) is 1.72. The topological polar surface area (TPSA) is 84.1 Å². The van der Waals surface area contributed by atoms with Crippen LogP contribution in [0.3, 0.4) is 0 Å². The first-order valence-electron chi connectivity index (χ1n) is 5.39. The van der Waals surface area contributed by atoms with Gasteiger partial charge in [0.25, 0.3) is 5.56 Å². The molecule has 1 rings (SSSR count). The molecule has 0 saturated heterocycles. The number of pyridine rings is 1. The molecule has 0 unspecified atom stereocenters. The van der Waals surface area contributed by atoms with Gasteiger partial charge in [-0.25, -0.2) is 4.79 Å². The maximum atomic E-state index is 11.5. The van der Waals surface area contributed by atoms with Crippen molar-refractivity contribution in [3.63, 3.8) is 0 Å². The maximum Gasteiger partial charge on any atom is 0.412 e. The van der Waals surface area contributed by atoms with Crippen molar-refractivity contribution in [2.75, 3.05) is 5.32 Å². The third-order valence-electron chi connectivity index (χ3n) is 1.87. The van der Waals surface area contributed by atoms with Gasteiger partial charge >= 0.3 is 6.09 Å². The predicted molar refractivity (Wildman–Crippen MR) is 66.2 cm³/mol. The molecule has 0 aliphatic carbocycles. The second-order valence-corrected chi connectivity index (χ2v) is 4.67. The molecule has 1 aromatic heterocycles. The lowest BCUT2D eigenvalue weighted by Crippen LogP contribution is -2.28. The van der Waals surface area contributed by atoms with E-state index in [4.69, 9.17) is 10.00 Å². The van der Waals surface area contributed by atoms with E-state index in [1.165, 1.54) is 22.9 Å². The molecule has 0 aliphatic heterocycles. The molecule has 0 fully saturated rings. The first-order valence-corrected chi connectivity index (χ1v) is 5.39. The van der Waals surface area contributed by atoms with Gasteiger partial charge in [0, 0.05) is 12.3 Å². The van der Waals surface area contributed by atoms with Crippen LogP contribution in [0.2, 0.25) is 0 Å². The van der Waals surface area contributed by atoms with Crippen molar-refractivity contribution >= 4 is 11.8 Å². The minimum Gasteiger partial charge on any atom is -0.444 e. The summed E-state index contributed by atoms with van der Waals surface area (Å²) in [5.41, 5.74) is -0.490. The molecule has 6 heteroatoms. The van der Waals surface area contributed by atoms with Crippen molar-refractivity contribution in [3.05, 3.63) is 28.7 Å². The number of aromatic nitrogens is 1. The number of amides is 1. The quantitative estimate of drug-likeness (QED) is 0.864. The number of nitriles is 1. The van der Waals surface area contributed by atoms with Gasteiger partial charge < -0.3 is 4.74 Å². The lowest BCUT2D eigenvalue weighted by atomic mass is 10.2. The monoisotopic (exact) mass is 249 g/mol. The summed E-state index contributed by atoms with van der Waals surface area (Å²) in [6.45, 7) is 5.19. The minimum absolute atomic E-state index is 0.0668. The molecular weight excluding hydrogens is 234 g/mol. The van der Waals surface area contributed by atoms with E-state index < -0.39 is 11.7 Å². The zero-order valence-electron chi connectivity index (χ0n) is 10.6. The molecule has 1 N–H and O–H groups in total. The standard InChI is InChI=1S/C12H15N3O3/c1-12(2,3)18-11(17)14-9-4-5-10(16)15(8-9)7-6-13/h4-5,8H,7H2,1-3H3,(H,14,17). The van der Waals surface area contributed by atoms with Gasteiger partial charge in [0.2, 0.25) is 0 Å². The first kappa shape index (κ1) is 13.8. The lowest BCUT2D eigenvalue weighted by molar-refractivity contribution is 0.0636. The van der Waals surface area contributed by atoms with E-state index >= 15 is 0 Å². The molecule has 0 bridgehead atoms. The Morgan fingerprint density at radius 3 is 2.72 bits per heavy atom. The van der Waals surface area contributed by atoms with Crippen LogP contribution >= 0.6 is 0 Å². The molecule has 1 heterocycles. The van der Waals surface area contributed by atoms with Crippen molar-refractivity contribution in [3.8, 4) is 6.07 Å². The van der Waals surface area contributed by atoms with Crippen LogP contribution in [0.5, 0.6) is 0 Å². The molecule has 0 saturated carbocycles. The van der Waals surface area contributed by atoms with Crippen LogP contribution in [-0.4, -0.2) is 16.3 Å². The van der Waals surface area contributed by atoms with Crippen LogP contribution in [0.15, 0.2) is 23.1 Å². The average Bonchev–Trinajstić information content (AvgIpc) is 2.20. The number of rotatable bonds is 2. The Labute approximate surface area is 105 Å². The van der Waals surface area contributed by atoms with Crippen molar-refractivity contribution in [2.24, 2.45) is 0 Å². The van der Waals surface area contributed by atoms with E-state index in [9.17, 15) is 9.59 Å². The molecule has 18 heavy (non-hydrogen) atoms. The Hall–Kier alpha value is -2.29. The number of hydrogen-bond donors (Lipinski definition) is 1. The summed E-state index contributed by atoms with van der Waals surface area (Å²) in [6, 6.07) is 4.60. The van der Waals surface area contributed by atoms with Crippen LogP contribution in [0.1, 0.15) is 20.8 Å². The third-order valence-corrected chi connectivity index (χ3v) is 1.87. The number of anilines is 1. The second-order valence-electron chi connectivity index (χ2n) is 4.67. The molecular formula is C12H15N3O3. The Bertz CT molecular complexity index is 535. The Kier molecular flexibility index (Phi) is 4.10. The van der Waals surface area contributed by atoms with Gasteiger partial charge in [0.05, 0.1) is 11.8 Å². The fraction of sp³-hybridized carbons (Fsp3) is 0.417. The summed E-state index contributed by atoms with van der Waals surface area (Å²) >= 11 is 0. The van der Waals surface area contributed by atoms with Gasteiger partial charge in [0.15, 0.2) is 0 Å². The Morgan fingerprint density at radius 2 is 2.17 bits per heavy atom. The van der Waals surface area contributed by atoms with E-state index in [2.05, 4.69) is 5.32 Å². The Morgan fingerprint density at radius 1 is 1.50 bits per heavy atom. The van der Waals surface area contributed by atoms with Gasteiger partial charge in [-0.05, 0) is 26.8 Å². The van der Waals surface area contributed by atoms with Crippen LogP contribution in [0.25, 0.3) is 0 Å². The largest absolute Gasteiger partial charge is 0.444 e. The zero-order valence-corrected chi connectivity index (χ0v) is 10.6. The van der Waals surface area contributed by atoms with Gasteiger partial charge in [-0.15, -0.1) is 0 Å². The molecule has 0 aliphatic rings. The van der Waals surface area contributed by atoms with Gasteiger partial charge in [-0.2, -0.15) is 5.26 Å². The van der Waals surface area contributed by atoms with E-state index in [1.807, 2.05) is 6.07 Å². The summed E-state index contributed by atoms with van der Waals surface area (Å²) in [5, 5.41) is 11.0. The van der Waals surface area contributed by atoms with Gasteiger partial charge in [-0.3, -0.25) is 14.7 Å². The van der Waals surface area contributed by atoms with Crippen LogP contribution < -0.4 is 10.9 Å². The van der Waals surface area contributed by atoms with Gasteiger partial charge in [0.1, 0.15) is 12.1 Å². The number of carbonyl (C=O) groups is 1. The highest BCUT2D eigenvalue weighted by Crippen LogP contribution is 2.10. The fourth-order valence-electron chi connectivity index (χ4n) is 1.23. The zero-order chi connectivity index (χ0) is 13.8. The van der Waals surface area contributed by atoms with Crippen LogP contribution in [0, 0.1) is 11.3 Å². The second kappa shape index (κ2) is 5.36. The molecule has 0 atom stereocenters. The van der Waals surface area contributed by atoms with Crippen LogP contribution in [-0.2, 0) is 11.3 Å². The first-order chi connectivity index (χ1) is 8.31. The summed E-state index contributed by atoms with van der Waals surface area (Å²) in [7, 11) is 0. The SMILES string of the molecule is CC(C)(C)OC(=O)Nc1ccc(=O)n(CC#N)c1. The smallest absolute Gasteiger partial charge is 0.412 e. The highest BCUT2D eigenvalue weighted by atomic mass is 16.6. The van der Waals surface area contributed by atoms with E-state index in [0.29, 0.717) is 5.69 Å². The molecule has 0 aromatic carbocycles. The molecule has 1 aromatic rings. The van der Waals surface area contributed by atoms with Gasteiger partial charge in [-0.1, -0.05) is 0 Å². The number of nitrogens with zero attached hydrogens (tertiary/aromatic N) is 2. The molecule has 96 valence electrons. The summed E-state index contributed by atoms with van der Waals surface area (Å²) in [4.78, 5) is 22.8. The van der Waals surface area contributed by atoms with Crippen molar-refractivity contribution in [1.82, 2.24) is 4.57 Å².